The van der Waals surface area contributed by atoms with Gasteiger partial charge in [-0.25, -0.2) is 4.98 Å². The highest BCUT2D eigenvalue weighted by atomic mass is 32.1. The molecule has 12 heteroatoms. The molecule has 4 rings (SSSR count). The average molecular weight is 480 g/mol. The minimum atomic E-state index is -4.56. The molecule has 176 valence electrons. The van der Waals surface area contributed by atoms with Crippen molar-refractivity contribution in [2.75, 3.05) is 29.0 Å². The Labute approximate surface area is 192 Å². The molecule has 0 aliphatic carbocycles. The lowest BCUT2D eigenvalue weighted by Crippen LogP contribution is -2.29. The van der Waals surface area contributed by atoms with Gasteiger partial charge >= 0.3 is 6.18 Å². The van der Waals surface area contributed by atoms with Crippen LogP contribution in [-0.2, 0) is 13.2 Å². The minimum Gasteiger partial charge on any atom is -0.389 e. The van der Waals surface area contributed by atoms with Gasteiger partial charge in [-0.2, -0.15) is 18.3 Å². The van der Waals surface area contributed by atoms with Crippen molar-refractivity contribution in [1.29, 1.82) is 0 Å². The minimum absolute atomic E-state index is 0.0264. The van der Waals surface area contributed by atoms with Gasteiger partial charge in [-0.1, -0.05) is 29.5 Å². The number of aromatic nitrogens is 3. The number of rotatable bonds is 4. The Kier molecular flexibility index (Phi) is 6.30. The molecule has 0 bridgehead atoms. The summed E-state index contributed by atoms with van der Waals surface area (Å²) in [6.45, 7) is 1.49. The maximum absolute atomic E-state index is 13.4. The Morgan fingerprint density at radius 1 is 1.24 bits per heavy atom. The fourth-order valence-corrected chi connectivity index (χ4v) is 4.80. The van der Waals surface area contributed by atoms with E-state index in [1.165, 1.54) is 24.4 Å². The largest absolute Gasteiger partial charge is 0.417 e. The summed E-state index contributed by atoms with van der Waals surface area (Å²) in [4.78, 5) is 19.2. The molecule has 0 spiro atoms. The number of benzene rings is 1. The molecule has 3 aromatic rings. The van der Waals surface area contributed by atoms with E-state index in [0.717, 1.165) is 55.6 Å². The Hall–Kier alpha value is -3.12. The van der Waals surface area contributed by atoms with Crippen LogP contribution in [0.2, 0.25) is 0 Å². The fraction of sp³-hybridized carbons (Fsp3) is 0.381. The van der Waals surface area contributed by atoms with Gasteiger partial charge in [-0.15, -0.1) is 0 Å². The monoisotopic (exact) mass is 479 g/mol. The predicted octanol–water partition coefficient (Wildman–Crippen LogP) is 3.71. The van der Waals surface area contributed by atoms with Crippen molar-refractivity contribution < 1.29 is 18.0 Å². The zero-order valence-corrected chi connectivity index (χ0v) is 18.7. The first-order chi connectivity index (χ1) is 15.6. The summed E-state index contributed by atoms with van der Waals surface area (Å²) >= 11 is 0.838. The standard InChI is InChI=1S/C21H24F3N7OS/c1-30-20(31-9-4-5-12(25)8-10-31)15(11-27-30)28-18(32)16-17(26)33-19(29-16)13-6-2-3-7-14(13)21(22,23)24/h2-3,6-7,11-12H,4-5,8-10,25-26H2,1H3,(H,28,32)/t12-/m1/s1. The van der Waals surface area contributed by atoms with E-state index in [0.29, 0.717) is 5.69 Å². The third-order valence-corrected chi connectivity index (χ3v) is 6.48. The molecule has 0 saturated carbocycles. The molecule has 1 saturated heterocycles. The molecule has 2 aromatic heterocycles. The highest BCUT2D eigenvalue weighted by Gasteiger charge is 2.34. The molecule has 0 unspecified atom stereocenters. The van der Waals surface area contributed by atoms with Gasteiger partial charge in [0.2, 0.25) is 0 Å². The molecule has 33 heavy (non-hydrogen) atoms. The summed E-state index contributed by atoms with van der Waals surface area (Å²) in [5, 5.41) is 7.09. The first-order valence-electron chi connectivity index (χ1n) is 10.4. The zero-order chi connectivity index (χ0) is 23.8. The number of nitrogen functional groups attached to an aromatic ring is 1. The lowest BCUT2D eigenvalue weighted by molar-refractivity contribution is -0.137. The number of alkyl halides is 3. The van der Waals surface area contributed by atoms with Crippen molar-refractivity contribution in [3.8, 4) is 10.6 Å². The van der Waals surface area contributed by atoms with E-state index in [-0.39, 0.29) is 27.3 Å². The summed E-state index contributed by atoms with van der Waals surface area (Å²) in [6.07, 6.45) is -0.367. The van der Waals surface area contributed by atoms with Gasteiger partial charge in [0.05, 0.1) is 11.8 Å². The third-order valence-electron chi connectivity index (χ3n) is 5.56. The Balaban J connectivity index is 1.60. The number of carbonyl (C=O) groups is 1. The number of hydrogen-bond donors (Lipinski definition) is 3. The lowest BCUT2D eigenvalue weighted by atomic mass is 10.1. The molecule has 1 aromatic carbocycles. The molecule has 1 atom stereocenters. The third kappa shape index (κ3) is 4.81. The average Bonchev–Trinajstić information content (AvgIpc) is 3.25. The summed E-state index contributed by atoms with van der Waals surface area (Å²) in [5.74, 6) is 0.120. The highest BCUT2D eigenvalue weighted by molar-refractivity contribution is 7.19. The van der Waals surface area contributed by atoms with E-state index in [4.69, 9.17) is 11.5 Å². The Morgan fingerprint density at radius 3 is 2.76 bits per heavy atom. The van der Waals surface area contributed by atoms with E-state index < -0.39 is 17.6 Å². The second-order valence-corrected chi connectivity index (χ2v) is 8.94. The number of nitrogens with one attached hydrogen (secondary N) is 1. The second-order valence-electron chi connectivity index (χ2n) is 7.91. The lowest BCUT2D eigenvalue weighted by Gasteiger charge is -2.24. The van der Waals surface area contributed by atoms with E-state index >= 15 is 0 Å². The first kappa shape index (κ1) is 23.1. The van der Waals surface area contributed by atoms with Crippen LogP contribution in [0.3, 0.4) is 0 Å². The number of thiazole rings is 1. The van der Waals surface area contributed by atoms with Crippen molar-refractivity contribution in [2.45, 2.75) is 31.5 Å². The fourth-order valence-electron chi connectivity index (χ4n) is 3.94. The van der Waals surface area contributed by atoms with Crippen LogP contribution in [0.4, 0.5) is 29.7 Å². The molecule has 1 fully saturated rings. The van der Waals surface area contributed by atoms with Gasteiger partial charge < -0.3 is 21.7 Å². The number of aryl methyl sites for hydroxylation is 1. The van der Waals surface area contributed by atoms with E-state index in [1.807, 2.05) is 0 Å². The number of amides is 1. The van der Waals surface area contributed by atoms with Gasteiger partial charge in [-0.3, -0.25) is 9.48 Å². The molecule has 1 aliphatic heterocycles. The second kappa shape index (κ2) is 9.02. The van der Waals surface area contributed by atoms with Crippen molar-refractivity contribution in [3.63, 3.8) is 0 Å². The van der Waals surface area contributed by atoms with E-state index in [9.17, 15) is 18.0 Å². The zero-order valence-electron chi connectivity index (χ0n) is 17.9. The molecule has 8 nitrogen and oxygen atoms in total. The molecule has 1 aliphatic rings. The van der Waals surface area contributed by atoms with E-state index in [2.05, 4.69) is 20.3 Å². The molecule has 0 radical (unpaired) electrons. The first-order valence-corrected chi connectivity index (χ1v) is 11.2. The van der Waals surface area contributed by atoms with Crippen molar-refractivity contribution in [3.05, 3.63) is 41.7 Å². The van der Waals surface area contributed by atoms with Gasteiger partial charge in [0.1, 0.15) is 15.7 Å². The number of hydrogen-bond acceptors (Lipinski definition) is 7. The van der Waals surface area contributed by atoms with Crippen molar-refractivity contribution >= 4 is 33.8 Å². The summed E-state index contributed by atoms with van der Waals surface area (Å²) in [7, 11) is 1.78. The Morgan fingerprint density at radius 2 is 2.00 bits per heavy atom. The summed E-state index contributed by atoms with van der Waals surface area (Å²) in [5.41, 5.74) is 11.5. The van der Waals surface area contributed by atoms with Crippen LogP contribution in [0, 0.1) is 0 Å². The van der Waals surface area contributed by atoms with Crippen LogP contribution in [0.15, 0.2) is 30.5 Å². The highest BCUT2D eigenvalue weighted by Crippen LogP contribution is 2.40. The summed E-state index contributed by atoms with van der Waals surface area (Å²) in [6, 6.07) is 5.20. The normalized spacial score (nSPS) is 17.1. The smallest absolute Gasteiger partial charge is 0.389 e. The van der Waals surface area contributed by atoms with Gasteiger partial charge in [0.25, 0.3) is 5.91 Å². The van der Waals surface area contributed by atoms with Crippen molar-refractivity contribution in [2.24, 2.45) is 12.8 Å². The topological polar surface area (TPSA) is 115 Å². The van der Waals surface area contributed by atoms with Crippen LogP contribution >= 0.6 is 11.3 Å². The molecular formula is C21H24F3N7OS. The number of nitrogens with two attached hydrogens (primary N) is 2. The number of halogens is 3. The SMILES string of the molecule is Cn1ncc(NC(=O)c2nc(-c3ccccc3C(F)(F)F)sc2N)c1N1CCC[C@@H](N)CC1. The van der Waals surface area contributed by atoms with Crippen LogP contribution < -0.4 is 21.7 Å². The molecule has 5 N–H and O–H groups in total. The summed E-state index contributed by atoms with van der Waals surface area (Å²) < 4.78 is 41.9. The van der Waals surface area contributed by atoms with Crippen LogP contribution in [0.5, 0.6) is 0 Å². The van der Waals surface area contributed by atoms with Gasteiger partial charge in [0.15, 0.2) is 11.5 Å². The number of nitrogens with zero attached hydrogens (tertiary/aromatic N) is 4. The van der Waals surface area contributed by atoms with Gasteiger partial charge in [-0.05, 0) is 25.3 Å². The predicted molar refractivity (Wildman–Crippen MR) is 122 cm³/mol. The molecule has 3 heterocycles. The van der Waals surface area contributed by atoms with Crippen molar-refractivity contribution in [1.82, 2.24) is 14.8 Å². The maximum atomic E-state index is 13.4. The quantitative estimate of drug-likeness (QED) is 0.526. The van der Waals surface area contributed by atoms with Crippen LogP contribution in [-0.4, -0.2) is 39.8 Å². The van der Waals surface area contributed by atoms with Gasteiger partial charge in [0, 0.05) is 31.7 Å². The Bertz CT molecular complexity index is 1160. The maximum Gasteiger partial charge on any atom is 0.417 e. The molecule has 1 amide bonds. The molecular weight excluding hydrogens is 455 g/mol. The van der Waals surface area contributed by atoms with Crippen LogP contribution in [0.25, 0.3) is 10.6 Å². The number of carbonyl (C=O) groups excluding carboxylic acids is 1. The van der Waals surface area contributed by atoms with E-state index in [1.54, 1.807) is 11.7 Å². The van der Waals surface area contributed by atoms with Crippen LogP contribution in [0.1, 0.15) is 35.3 Å². The number of anilines is 3.